The lowest BCUT2D eigenvalue weighted by molar-refractivity contribution is 0.425. The van der Waals surface area contributed by atoms with Gasteiger partial charge in [0.15, 0.2) is 11.5 Å². The average Bonchev–Trinajstić information content (AvgIpc) is 3.21. The van der Waals surface area contributed by atoms with Crippen LogP contribution in [0.2, 0.25) is 0 Å². The fraction of sp³-hybridized carbons (Fsp3) is 0.419. The maximum absolute atomic E-state index is 4.69. The van der Waals surface area contributed by atoms with Gasteiger partial charge in [0.25, 0.3) is 0 Å². The summed E-state index contributed by atoms with van der Waals surface area (Å²) in [4.78, 5) is 9.22. The summed E-state index contributed by atoms with van der Waals surface area (Å²) >= 11 is 0. The lowest BCUT2D eigenvalue weighted by atomic mass is 9.89. The van der Waals surface area contributed by atoms with Gasteiger partial charge in [-0.05, 0) is 74.0 Å². The Balaban J connectivity index is 0.000000550. The molecule has 2 N–H and O–H groups in total. The summed E-state index contributed by atoms with van der Waals surface area (Å²) in [6.07, 6.45) is 21.0. The van der Waals surface area contributed by atoms with E-state index >= 15 is 0 Å². The Kier molecular flexibility index (Phi) is 11.0. The van der Waals surface area contributed by atoms with Crippen molar-refractivity contribution in [1.29, 1.82) is 0 Å². The topological polar surface area (TPSA) is 54.2 Å². The van der Waals surface area contributed by atoms with Gasteiger partial charge in [0.05, 0.1) is 11.9 Å². The normalized spacial score (nSPS) is 15.6. The lowest BCUT2D eigenvalue weighted by Gasteiger charge is -2.23. The summed E-state index contributed by atoms with van der Waals surface area (Å²) in [6, 6.07) is 8.29. The van der Waals surface area contributed by atoms with Gasteiger partial charge >= 0.3 is 0 Å². The molecule has 5 rings (SSSR count). The highest BCUT2D eigenvalue weighted by molar-refractivity contribution is 5.78. The number of hydrogen-bond donors (Lipinski definition) is 2. The Morgan fingerprint density at radius 3 is 2.53 bits per heavy atom. The van der Waals surface area contributed by atoms with E-state index in [-0.39, 0.29) is 0 Å². The predicted molar refractivity (Wildman–Crippen MR) is 155 cm³/mol. The van der Waals surface area contributed by atoms with Crippen LogP contribution in [0, 0.1) is 12.8 Å². The van der Waals surface area contributed by atoms with Gasteiger partial charge in [0.1, 0.15) is 0 Å². The van der Waals surface area contributed by atoms with E-state index in [1.165, 1.54) is 42.4 Å². The van der Waals surface area contributed by atoms with Crippen molar-refractivity contribution < 1.29 is 0 Å². The minimum Gasteiger partial charge on any atom is -0.337 e. The largest absolute Gasteiger partial charge is 0.337 e. The minimum atomic E-state index is 0.673. The highest BCUT2D eigenvalue weighted by atomic mass is 15.1. The van der Waals surface area contributed by atoms with E-state index in [4.69, 9.17) is 0 Å². The number of imidazole rings is 1. The van der Waals surface area contributed by atoms with Crippen LogP contribution < -0.4 is 10.6 Å². The molecule has 0 amide bonds. The number of hydrogen-bond acceptors (Lipinski definition) is 4. The quantitative estimate of drug-likeness (QED) is 0.386. The highest BCUT2D eigenvalue weighted by Gasteiger charge is 2.17. The van der Waals surface area contributed by atoms with Crippen LogP contribution in [-0.2, 0) is 0 Å². The van der Waals surface area contributed by atoms with Crippen molar-refractivity contribution in [2.24, 2.45) is 5.92 Å². The first-order valence-corrected chi connectivity index (χ1v) is 13.6. The van der Waals surface area contributed by atoms with Crippen molar-refractivity contribution in [3.05, 3.63) is 84.0 Å². The molecule has 1 aromatic carbocycles. The van der Waals surface area contributed by atoms with Crippen LogP contribution in [0.25, 0.3) is 11.2 Å². The third-order valence-electron chi connectivity index (χ3n) is 6.46. The number of rotatable bonds is 5. The number of anilines is 2. The van der Waals surface area contributed by atoms with Gasteiger partial charge in [-0.25, -0.2) is 9.97 Å². The monoisotopic (exact) mass is 485 g/mol. The van der Waals surface area contributed by atoms with Crippen LogP contribution in [0.15, 0.2) is 72.7 Å². The first-order chi connectivity index (χ1) is 17.7. The SMILES string of the molecule is CC.CCCC.Cc1cccc(Nc2nccn3c(C4=CCC=C(C5CCNCC5)C=C4)cnc23)c1. The molecule has 1 aliphatic carbocycles. The predicted octanol–water partition coefficient (Wildman–Crippen LogP) is 7.88. The molecule has 3 heterocycles. The fourth-order valence-electron chi connectivity index (χ4n) is 4.37. The Bertz CT molecular complexity index is 1180. The van der Waals surface area contributed by atoms with E-state index in [1.54, 1.807) is 0 Å². The third kappa shape index (κ3) is 7.17. The first kappa shape index (κ1) is 27.4. The van der Waals surface area contributed by atoms with Crippen LogP contribution in [0.4, 0.5) is 11.5 Å². The lowest BCUT2D eigenvalue weighted by Crippen LogP contribution is -2.28. The number of benzene rings is 1. The van der Waals surface area contributed by atoms with Crippen molar-refractivity contribution in [3.8, 4) is 0 Å². The number of fused-ring (bicyclic) bond motifs is 1. The Hall–Kier alpha value is -3.18. The average molecular weight is 486 g/mol. The second-order valence-corrected chi connectivity index (χ2v) is 9.06. The number of aromatic nitrogens is 3. The second-order valence-electron chi connectivity index (χ2n) is 9.06. The maximum Gasteiger partial charge on any atom is 0.180 e. The third-order valence-corrected chi connectivity index (χ3v) is 6.46. The molecule has 2 aliphatic rings. The van der Waals surface area contributed by atoms with Crippen molar-refractivity contribution in [3.63, 3.8) is 0 Å². The standard InChI is InChI=1S/C25H27N5.C4H10.C2H6/c1-18-4-2-7-22(16-18)29-24-25-28-17-23(30(25)15-14-27-24)21-6-3-5-19(8-9-21)20-10-12-26-13-11-20;1-3-4-2;1-2/h2,4-9,14-17,20,26H,3,10-13H2,1H3,(H,27,29);3-4H2,1-2H3;1-2H3. The van der Waals surface area contributed by atoms with Crippen molar-refractivity contribution in [1.82, 2.24) is 19.7 Å². The molecule has 1 aliphatic heterocycles. The summed E-state index contributed by atoms with van der Waals surface area (Å²) < 4.78 is 2.12. The van der Waals surface area contributed by atoms with Crippen LogP contribution in [0.1, 0.15) is 71.1 Å². The van der Waals surface area contributed by atoms with E-state index in [1.807, 2.05) is 44.6 Å². The number of allylic oxidation sites excluding steroid dienone is 6. The smallest absolute Gasteiger partial charge is 0.180 e. The zero-order valence-electron chi connectivity index (χ0n) is 22.7. The molecule has 0 atom stereocenters. The molecule has 0 saturated carbocycles. The van der Waals surface area contributed by atoms with Gasteiger partial charge in [-0.3, -0.25) is 4.40 Å². The van der Waals surface area contributed by atoms with E-state index in [0.29, 0.717) is 5.92 Å². The molecule has 1 fully saturated rings. The molecule has 1 saturated heterocycles. The van der Waals surface area contributed by atoms with Crippen LogP contribution >= 0.6 is 0 Å². The molecule has 0 spiro atoms. The molecule has 192 valence electrons. The number of nitrogens with zero attached hydrogens (tertiary/aromatic N) is 3. The Morgan fingerprint density at radius 2 is 1.81 bits per heavy atom. The van der Waals surface area contributed by atoms with E-state index in [9.17, 15) is 0 Å². The molecule has 0 unspecified atom stereocenters. The molecule has 5 nitrogen and oxygen atoms in total. The molecule has 5 heteroatoms. The second kappa shape index (κ2) is 14.4. The highest BCUT2D eigenvalue weighted by Crippen LogP contribution is 2.29. The van der Waals surface area contributed by atoms with Crippen molar-refractivity contribution in [2.45, 2.75) is 66.7 Å². The number of nitrogens with one attached hydrogen (secondary N) is 2. The molecule has 3 aromatic rings. The number of piperidine rings is 1. The van der Waals surface area contributed by atoms with Gasteiger partial charge in [-0.15, -0.1) is 0 Å². The number of aryl methyl sites for hydroxylation is 1. The van der Waals surface area contributed by atoms with Crippen LogP contribution in [0.3, 0.4) is 0 Å². The first-order valence-electron chi connectivity index (χ1n) is 13.6. The van der Waals surface area contributed by atoms with Gasteiger partial charge in [-0.1, -0.05) is 77.0 Å². The summed E-state index contributed by atoms with van der Waals surface area (Å²) in [5.41, 5.74) is 6.83. The van der Waals surface area contributed by atoms with Gasteiger partial charge in [0.2, 0.25) is 0 Å². The number of unbranched alkanes of at least 4 members (excludes halogenated alkanes) is 1. The van der Waals surface area contributed by atoms with E-state index < -0.39 is 0 Å². The molecule has 0 radical (unpaired) electrons. The zero-order valence-corrected chi connectivity index (χ0v) is 22.7. The van der Waals surface area contributed by atoms with Crippen molar-refractivity contribution in [2.75, 3.05) is 18.4 Å². The van der Waals surface area contributed by atoms with Gasteiger partial charge < -0.3 is 10.6 Å². The van der Waals surface area contributed by atoms with Crippen LogP contribution in [0.5, 0.6) is 0 Å². The molecular formula is C31H43N5. The summed E-state index contributed by atoms with van der Waals surface area (Å²) in [7, 11) is 0. The summed E-state index contributed by atoms with van der Waals surface area (Å²) in [5, 5.41) is 6.88. The van der Waals surface area contributed by atoms with E-state index in [2.05, 4.69) is 82.2 Å². The Morgan fingerprint density at radius 1 is 1.03 bits per heavy atom. The maximum atomic E-state index is 4.69. The molecule has 2 aromatic heterocycles. The van der Waals surface area contributed by atoms with Crippen molar-refractivity contribution >= 4 is 22.7 Å². The zero-order chi connectivity index (χ0) is 25.8. The van der Waals surface area contributed by atoms with Gasteiger partial charge in [-0.2, -0.15) is 0 Å². The molecular weight excluding hydrogens is 442 g/mol. The van der Waals surface area contributed by atoms with Gasteiger partial charge in [0, 0.05) is 18.1 Å². The molecule has 0 bridgehead atoms. The summed E-state index contributed by atoms with van der Waals surface area (Å²) in [6.45, 7) is 12.7. The summed E-state index contributed by atoms with van der Waals surface area (Å²) in [5.74, 6) is 1.44. The minimum absolute atomic E-state index is 0.673. The Labute approximate surface area is 217 Å². The molecule has 36 heavy (non-hydrogen) atoms. The fourth-order valence-corrected chi connectivity index (χ4v) is 4.37. The van der Waals surface area contributed by atoms with Crippen LogP contribution in [-0.4, -0.2) is 27.5 Å². The van der Waals surface area contributed by atoms with E-state index in [0.717, 1.165) is 42.4 Å².